The van der Waals surface area contributed by atoms with E-state index < -0.39 is 0 Å². The largest absolute Gasteiger partial charge is 0.399 e. The zero-order valence-corrected chi connectivity index (χ0v) is 13.7. The molecule has 0 spiro atoms. The number of rotatable bonds is 3. The Morgan fingerprint density at radius 3 is 2.25 bits per heavy atom. The molecular weight excluding hydrogens is 298 g/mol. The Labute approximate surface area is 141 Å². The predicted molar refractivity (Wildman–Crippen MR) is 99.2 cm³/mol. The molecule has 2 N–H and O–H groups in total. The summed E-state index contributed by atoms with van der Waals surface area (Å²) in [4.78, 5) is 18.3. The molecule has 24 heavy (non-hydrogen) atoms. The second-order valence-corrected chi connectivity index (χ2v) is 5.77. The van der Waals surface area contributed by atoms with Gasteiger partial charge in [-0.25, -0.2) is 4.99 Å². The van der Waals surface area contributed by atoms with Crippen LogP contribution in [0.2, 0.25) is 0 Å². The first-order valence-electron chi connectivity index (χ1n) is 7.72. The van der Waals surface area contributed by atoms with Crippen LogP contribution in [-0.4, -0.2) is 23.7 Å². The van der Waals surface area contributed by atoms with Crippen molar-refractivity contribution in [2.24, 2.45) is 4.99 Å². The summed E-state index contributed by atoms with van der Waals surface area (Å²) in [6.07, 6.45) is 5.57. The average molecular weight is 317 g/mol. The Kier molecular flexibility index (Phi) is 4.29. The molecule has 1 amide bonds. The summed E-state index contributed by atoms with van der Waals surface area (Å²) in [6, 6.07) is 15.5. The average Bonchev–Trinajstić information content (AvgIpc) is 2.84. The summed E-state index contributed by atoms with van der Waals surface area (Å²) in [7, 11) is 1.73. The summed E-state index contributed by atoms with van der Waals surface area (Å²) in [5.74, 6) is 0.512. The minimum absolute atomic E-state index is 0.115. The molecule has 0 atom stereocenters. The van der Waals surface area contributed by atoms with Gasteiger partial charge in [-0.05, 0) is 42.3 Å². The van der Waals surface area contributed by atoms with Crippen LogP contribution in [0.3, 0.4) is 0 Å². The van der Waals surface area contributed by atoms with Gasteiger partial charge in [0.2, 0.25) is 0 Å². The van der Waals surface area contributed by atoms with Crippen molar-refractivity contribution in [1.82, 2.24) is 4.90 Å². The van der Waals surface area contributed by atoms with E-state index in [1.807, 2.05) is 36.4 Å². The fourth-order valence-corrected chi connectivity index (χ4v) is 2.36. The summed E-state index contributed by atoms with van der Waals surface area (Å²) >= 11 is 0. The highest BCUT2D eigenvalue weighted by atomic mass is 16.2. The van der Waals surface area contributed by atoms with Gasteiger partial charge < -0.3 is 5.73 Å². The van der Waals surface area contributed by atoms with E-state index in [4.69, 9.17) is 5.73 Å². The lowest BCUT2D eigenvalue weighted by atomic mass is 10.1. The normalized spacial score (nSPS) is 16.2. The minimum Gasteiger partial charge on any atom is -0.399 e. The number of hydrogen-bond acceptors (Lipinski definition) is 3. The van der Waals surface area contributed by atoms with Gasteiger partial charge in [0, 0.05) is 12.7 Å². The molecule has 0 fully saturated rings. The summed E-state index contributed by atoms with van der Waals surface area (Å²) in [6.45, 7) is 2.05. The van der Waals surface area contributed by atoms with Crippen LogP contribution in [0, 0.1) is 6.92 Å². The van der Waals surface area contributed by atoms with E-state index in [-0.39, 0.29) is 5.91 Å². The number of aliphatic imine (C=N–C) groups is 1. The molecule has 4 nitrogen and oxygen atoms in total. The van der Waals surface area contributed by atoms with E-state index in [0.717, 1.165) is 11.1 Å². The zero-order chi connectivity index (χ0) is 17.1. The maximum atomic E-state index is 12.3. The van der Waals surface area contributed by atoms with Crippen molar-refractivity contribution < 1.29 is 4.79 Å². The standard InChI is InChI=1S/C20H19N3O/c1-14-3-5-15(6-4-14)9-12-19-22-18(20(24)23(19)2)13-16-7-10-17(21)11-8-16/h3-13H,21H2,1-2H3/b12-9+,18-13-. The SMILES string of the molecule is Cc1ccc(/C=C/C2=NC(=C\c3ccc(N)cc3)/C(=O)N2C)cc1. The topological polar surface area (TPSA) is 58.7 Å². The molecule has 0 saturated carbocycles. The Balaban J connectivity index is 1.84. The van der Waals surface area contributed by atoms with Crippen LogP contribution >= 0.6 is 0 Å². The van der Waals surface area contributed by atoms with Crippen LogP contribution in [0.25, 0.3) is 12.2 Å². The molecule has 0 aliphatic carbocycles. The molecule has 2 aromatic rings. The number of aryl methyl sites for hydroxylation is 1. The van der Waals surface area contributed by atoms with E-state index in [9.17, 15) is 4.79 Å². The highest BCUT2D eigenvalue weighted by molar-refractivity contribution is 6.18. The van der Waals surface area contributed by atoms with Crippen LogP contribution < -0.4 is 5.73 Å². The Hall–Kier alpha value is -3.14. The van der Waals surface area contributed by atoms with Crippen molar-refractivity contribution in [3.63, 3.8) is 0 Å². The Bertz CT molecular complexity index is 843. The third kappa shape index (κ3) is 3.43. The maximum absolute atomic E-state index is 12.3. The number of carbonyl (C=O) groups is 1. The molecule has 120 valence electrons. The molecule has 1 aliphatic heterocycles. The molecule has 0 aromatic heterocycles. The van der Waals surface area contributed by atoms with Gasteiger partial charge in [0.25, 0.3) is 5.91 Å². The molecule has 0 radical (unpaired) electrons. The smallest absolute Gasteiger partial charge is 0.277 e. The number of nitrogens with zero attached hydrogens (tertiary/aromatic N) is 2. The third-order valence-electron chi connectivity index (χ3n) is 3.84. The highest BCUT2D eigenvalue weighted by Crippen LogP contribution is 2.19. The highest BCUT2D eigenvalue weighted by Gasteiger charge is 2.24. The van der Waals surface area contributed by atoms with Gasteiger partial charge in [-0.1, -0.05) is 48.0 Å². The van der Waals surface area contributed by atoms with Crippen molar-refractivity contribution >= 4 is 29.6 Å². The summed E-state index contributed by atoms with van der Waals surface area (Å²) < 4.78 is 0. The lowest BCUT2D eigenvalue weighted by Crippen LogP contribution is -2.26. The van der Waals surface area contributed by atoms with E-state index >= 15 is 0 Å². The number of amidine groups is 1. The first-order valence-corrected chi connectivity index (χ1v) is 7.72. The van der Waals surface area contributed by atoms with Crippen molar-refractivity contribution in [2.75, 3.05) is 12.8 Å². The molecule has 1 aliphatic rings. The quantitative estimate of drug-likeness (QED) is 0.696. The number of likely N-dealkylation sites (N-methyl/N-ethyl adjacent to an activating group) is 1. The molecule has 3 rings (SSSR count). The second kappa shape index (κ2) is 6.54. The van der Waals surface area contributed by atoms with Gasteiger partial charge in [-0.3, -0.25) is 9.69 Å². The minimum atomic E-state index is -0.115. The third-order valence-corrected chi connectivity index (χ3v) is 3.84. The fraction of sp³-hybridized carbons (Fsp3) is 0.100. The number of anilines is 1. The van der Waals surface area contributed by atoms with Crippen LogP contribution in [0.1, 0.15) is 16.7 Å². The summed E-state index contributed by atoms with van der Waals surface area (Å²) in [5, 5.41) is 0. The Morgan fingerprint density at radius 1 is 0.958 bits per heavy atom. The lowest BCUT2D eigenvalue weighted by Gasteiger charge is -2.07. The van der Waals surface area contributed by atoms with Gasteiger partial charge in [-0.2, -0.15) is 0 Å². The number of nitrogens with two attached hydrogens (primary N) is 1. The Morgan fingerprint density at radius 2 is 1.58 bits per heavy atom. The van der Waals surface area contributed by atoms with Gasteiger partial charge in [0.1, 0.15) is 11.5 Å². The number of hydrogen-bond donors (Lipinski definition) is 1. The molecule has 0 saturated heterocycles. The van der Waals surface area contributed by atoms with E-state index in [0.29, 0.717) is 17.2 Å². The number of carbonyl (C=O) groups excluding carboxylic acids is 1. The van der Waals surface area contributed by atoms with Crippen molar-refractivity contribution in [1.29, 1.82) is 0 Å². The number of benzene rings is 2. The van der Waals surface area contributed by atoms with E-state index in [1.165, 1.54) is 5.56 Å². The molecule has 1 heterocycles. The van der Waals surface area contributed by atoms with Crippen molar-refractivity contribution in [3.8, 4) is 0 Å². The van der Waals surface area contributed by atoms with Gasteiger partial charge in [-0.15, -0.1) is 0 Å². The monoisotopic (exact) mass is 317 g/mol. The van der Waals surface area contributed by atoms with Gasteiger partial charge in [0.15, 0.2) is 0 Å². The lowest BCUT2D eigenvalue weighted by molar-refractivity contribution is -0.121. The second-order valence-electron chi connectivity index (χ2n) is 5.77. The van der Waals surface area contributed by atoms with Gasteiger partial charge in [0.05, 0.1) is 0 Å². The van der Waals surface area contributed by atoms with Crippen molar-refractivity contribution in [3.05, 3.63) is 77.0 Å². The van der Waals surface area contributed by atoms with E-state index in [2.05, 4.69) is 24.0 Å². The molecular formula is C20H19N3O. The van der Waals surface area contributed by atoms with E-state index in [1.54, 1.807) is 30.2 Å². The van der Waals surface area contributed by atoms with Crippen molar-refractivity contribution in [2.45, 2.75) is 6.92 Å². The van der Waals surface area contributed by atoms with Crippen LogP contribution in [0.15, 0.2) is 65.3 Å². The first kappa shape index (κ1) is 15.7. The first-order chi connectivity index (χ1) is 11.5. The number of nitrogen functional groups attached to an aromatic ring is 1. The number of amides is 1. The predicted octanol–water partition coefficient (Wildman–Crippen LogP) is 3.50. The van der Waals surface area contributed by atoms with Gasteiger partial charge >= 0.3 is 0 Å². The summed E-state index contributed by atoms with van der Waals surface area (Å²) in [5.41, 5.74) is 9.97. The molecule has 2 aromatic carbocycles. The molecule has 0 unspecified atom stereocenters. The van der Waals surface area contributed by atoms with Crippen LogP contribution in [0.5, 0.6) is 0 Å². The maximum Gasteiger partial charge on any atom is 0.277 e. The van der Waals surface area contributed by atoms with Crippen LogP contribution in [0.4, 0.5) is 5.69 Å². The fourth-order valence-electron chi connectivity index (χ4n) is 2.36. The van der Waals surface area contributed by atoms with Crippen LogP contribution in [-0.2, 0) is 4.79 Å². The zero-order valence-electron chi connectivity index (χ0n) is 13.7. The molecule has 0 bridgehead atoms. The molecule has 4 heteroatoms.